The molecule has 1 aliphatic rings. The Morgan fingerprint density at radius 3 is 2.78 bits per heavy atom. The normalized spacial score (nSPS) is 13.1. The summed E-state index contributed by atoms with van der Waals surface area (Å²) < 4.78 is 13.0. The Balaban J connectivity index is 1.51. The maximum atomic E-state index is 13.0. The van der Waals surface area contributed by atoms with Gasteiger partial charge in [0.05, 0.1) is 0 Å². The molecule has 5 nitrogen and oxygen atoms in total. The van der Waals surface area contributed by atoms with Crippen LogP contribution >= 0.6 is 0 Å². The molecule has 0 radical (unpaired) electrons. The fraction of sp³-hybridized carbons (Fsp3) is 0.190. The molecule has 4 rings (SSSR count). The van der Waals surface area contributed by atoms with Gasteiger partial charge >= 0.3 is 0 Å². The Bertz CT molecular complexity index is 958. The van der Waals surface area contributed by atoms with Crippen LogP contribution in [0.25, 0.3) is 0 Å². The number of aryl methyl sites for hydroxylation is 1. The van der Waals surface area contributed by atoms with E-state index in [0.717, 1.165) is 24.1 Å². The molecular weight excluding hydrogens is 343 g/mol. The molecule has 27 heavy (non-hydrogen) atoms. The van der Waals surface area contributed by atoms with Crippen LogP contribution in [0.2, 0.25) is 0 Å². The van der Waals surface area contributed by atoms with Gasteiger partial charge < -0.3 is 10.2 Å². The Hall–Kier alpha value is -3.28. The smallest absolute Gasteiger partial charge is 0.277 e. The number of hydrogen-bond donors (Lipinski definition) is 1. The summed E-state index contributed by atoms with van der Waals surface area (Å²) in [7, 11) is 0. The average molecular weight is 362 g/mol. The van der Waals surface area contributed by atoms with Crippen LogP contribution in [0.15, 0.2) is 60.8 Å². The van der Waals surface area contributed by atoms with Gasteiger partial charge in [0, 0.05) is 25.0 Å². The number of aromatic nitrogens is 2. The molecular formula is C21H19FN4O. The van der Waals surface area contributed by atoms with Crippen molar-refractivity contribution in [3.63, 3.8) is 0 Å². The minimum atomic E-state index is -0.274. The number of anilines is 2. The van der Waals surface area contributed by atoms with E-state index in [0.29, 0.717) is 24.7 Å². The van der Waals surface area contributed by atoms with E-state index in [1.807, 2.05) is 18.2 Å². The highest BCUT2D eigenvalue weighted by atomic mass is 19.1. The second-order valence-electron chi connectivity index (χ2n) is 6.43. The SMILES string of the molecule is O=C(c1ccnc(NCc2ccc(F)cc2)n1)N1CCCc2ccccc21. The van der Waals surface area contributed by atoms with E-state index in [1.54, 1.807) is 29.3 Å². The van der Waals surface area contributed by atoms with Gasteiger partial charge in [0.25, 0.3) is 5.91 Å². The number of rotatable bonds is 4. The Kier molecular flexibility index (Phi) is 4.78. The number of carbonyl (C=O) groups excluding carboxylic acids is 1. The number of fused-ring (bicyclic) bond motifs is 1. The lowest BCUT2D eigenvalue weighted by Crippen LogP contribution is -2.36. The molecule has 1 aromatic heterocycles. The highest BCUT2D eigenvalue weighted by Crippen LogP contribution is 2.27. The number of hydrogen-bond acceptors (Lipinski definition) is 4. The maximum absolute atomic E-state index is 13.0. The molecule has 0 atom stereocenters. The second kappa shape index (κ2) is 7.53. The summed E-state index contributed by atoms with van der Waals surface area (Å²) in [6.07, 6.45) is 3.49. The molecule has 136 valence electrons. The molecule has 1 amide bonds. The quantitative estimate of drug-likeness (QED) is 0.767. The van der Waals surface area contributed by atoms with Gasteiger partial charge in [-0.2, -0.15) is 0 Å². The lowest BCUT2D eigenvalue weighted by Gasteiger charge is -2.29. The fourth-order valence-corrected chi connectivity index (χ4v) is 3.23. The van der Waals surface area contributed by atoms with Crippen molar-refractivity contribution in [2.45, 2.75) is 19.4 Å². The van der Waals surface area contributed by atoms with Gasteiger partial charge in [0.2, 0.25) is 5.95 Å². The molecule has 0 saturated carbocycles. The van der Waals surface area contributed by atoms with E-state index < -0.39 is 0 Å². The minimum Gasteiger partial charge on any atom is -0.350 e. The van der Waals surface area contributed by atoms with Crippen LogP contribution in [-0.4, -0.2) is 22.4 Å². The van der Waals surface area contributed by atoms with Crippen molar-refractivity contribution in [3.05, 3.63) is 83.4 Å². The topological polar surface area (TPSA) is 58.1 Å². The van der Waals surface area contributed by atoms with E-state index >= 15 is 0 Å². The zero-order chi connectivity index (χ0) is 18.6. The number of nitrogens with one attached hydrogen (secondary N) is 1. The van der Waals surface area contributed by atoms with E-state index in [4.69, 9.17) is 0 Å². The fourth-order valence-electron chi connectivity index (χ4n) is 3.23. The molecule has 2 heterocycles. The maximum Gasteiger partial charge on any atom is 0.277 e. The van der Waals surface area contributed by atoms with Crippen LogP contribution in [-0.2, 0) is 13.0 Å². The predicted molar refractivity (Wildman–Crippen MR) is 102 cm³/mol. The molecule has 0 saturated heterocycles. The predicted octanol–water partition coefficient (Wildman–Crippen LogP) is 3.82. The summed E-state index contributed by atoms with van der Waals surface area (Å²) in [5.41, 5.74) is 3.39. The van der Waals surface area contributed by atoms with Crippen LogP contribution < -0.4 is 10.2 Å². The van der Waals surface area contributed by atoms with E-state index in [-0.39, 0.29) is 11.7 Å². The van der Waals surface area contributed by atoms with Gasteiger partial charge in [0.15, 0.2) is 0 Å². The van der Waals surface area contributed by atoms with Gasteiger partial charge in [-0.3, -0.25) is 4.79 Å². The van der Waals surface area contributed by atoms with Crippen LogP contribution in [0.1, 0.15) is 28.0 Å². The van der Waals surface area contributed by atoms with Crippen molar-refractivity contribution in [1.29, 1.82) is 0 Å². The summed E-state index contributed by atoms with van der Waals surface area (Å²) in [6.45, 7) is 1.13. The lowest BCUT2D eigenvalue weighted by molar-refractivity contribution is 0.0980. The number of para-hydroxylation sites is 1. The van der Waals surface area contributed by atoms with E-state index in [9.17, 15) is 9.18 Å². The van der Waals surface area contributed by atoms with Crippen molar-refractivity contribution in [2.24, 2.45) is 0 Å². The average Bonchev–Trinajstić information content (AvgIpc) is 2.72. The molecule has 0 spiro atoms. The Morgan fingerprint density at radius 1 is 1.11 bits per heavy atom. The Labute approximate surface area is 156 Å². The van der Waals surface area contributed by atoms with Gasteiger partial charge in [-0.1, -0.05) is 30.3 Å². The number of halogens is 1. The third kappa shape index (κ3) is 3.79. The van der Waals surface area contributed by atoms with E-state index in [2.05, 4.69) is 21.4 Å². The summed E-state index contributed by atoms with van der Waals surface area (Å²) >= 11 is 0. The van der Waals surface area contributed by atoms with Gasteiger partial charge in [-0.25, -0.2) is 14.4 Å². The summed E-state index contributed by atoms with van der Waals surface area (Å²) in [5.74, 6) is -0.0331. The van der Waals surface area contributed by atoms with Crippen molar-refractivity contribution in [2.75, 3.05) is 16.8 Å². The lowest BCUT2D eigenvalue weighted by atomic mass is 10.0. The Morgan fingerprint density at radius 2 is 1.93 bits per heavy atom. The highest BCUT2D eigenvalue weighted by molar-refractivity contribution is 6.05. The summed E-state index contributed by atoms with van der Waals surface area (Å²) in [6, 6.07) is 15.8. The number of nitrogens with zero attached hydrogens (tertiary/aromatic N) is 3. The molecule has 0 unspecified atom stereocenters. The first-order chi connectivity index (χ1) is 13.2. The van der Waals surface area contributed by atoms with Crippen molar-refractivity contribution < 1.29 is 9.18 Å². The number of carbonyl (C=O) groups is 1. The monoisotopic (exact) mass is 362 g/mol. The second-order valence-corrected chi connectivity index (χ2v) is 6.43. The summed E-state index contributed by atoms with van der Waals surface area (Å²) in [4.78, 5) is 23.3. The molecule has 0 aliphatic carbocycles. The molecule has 1 N–H and O–H groups in total. The zero-order valence-corrected chi connectivity index (χ0v) is 14.7. The third-order valence-corrected chi connectivity index (χ3v) is 4.59. The number of benzene rings is 2. The first kappa shape index (κ1) is 17.1. The van der Waals surface area contributed by atoms with Crippen molar-refractivity contribution in [3.8, 4) is 0 Å². The third-order valence-electron chi connectivity index (χ3n) is 4.59. The van der Waals surface area contributed by atoms with Crippen LogP contribution in [0.3, 0.4) is 0 Å². The zero-order valence-electron chi connectivity index (χ0n) is 14.7. The molecule has 1 aliphatic heterocycles. The van der Waals surface area contributed by atoms with Crippen LogP contribution in [0.5, 0.6) is 0 Å². The van der Waals surface area contributed by atoms with Crippen LogP contribution in [0, 0.1) is 5.82 Å². The largest absolute Gasteiger partial charge is 0.350 e. The molecule has 0 bridgehead atoms. The van der Waals surface area contributed by atoms with Gasteiger partial charge in [-0.15, -0.1) is 0 Å². The van der Waals surface area contributed by atoms with E-state index in [1.165, 1.54) is 17.7 Å². The molecule has 6 heteroatoms. The number of amides is 1. The molecule has 2 aromatic carbocycles. The van der Waals surface area contributed by atoms with Crippen molar-refractivity contribution >= 4 is 17.5 Å². The highest BCUT2D eigenvalue weighted by Gasteiger charge is 2.24. The van der Waals surface area contributed by atoms with Crippen LogP contribution in [0.4, 0.5) is 16.0 Å². The first-order valence-electron chi connectivity index (χ1n) is 8.92. The standard InChI is InChI=1S/C21H19FN4O/c22-17-9-7-15(8-10-17)14-24-21-23-12-11-18(25-21)20(27)26-13-3-5-16-4-1-2-6-19(16)26/h1-2,4,6-12H,3,5,13-14H2,(H,23,24,25). The molecule has 3 aromatic rings. The first-order valence-corrected chi connectivity index (χ1v) is 8.92. The van der Waals surface area contributed by atoms with Gasteiger partial charge in [-0.05, 0) is 48.2 Å². The minimum absolute atomic E-state index is 0.130. The summed E-state index contributed by atoms with van der Waals surface area (Å²) in [5, 5.41) is 3.08. The molecule has 0 fully saturated rings. The van der Waals surface area contributed by atoms with Gasteiger partial charge in [0.1, 0.15) is 11.5 Å². The van der Waals surface area contributed by atoms with Crippen molar-refractivity contribution in [1.82, 2.24) is 9.97 Å².